The fourth-order valence-electron chi connectivity index (χ4n) is 2.18. The number of hydrogen-bond donors (Lipinski definition) is 0. The number of halogens is 3. The third-order valence-corrected chi connectivity index (χ3v) is 3.56. The van der Waals surface area contributed by atoms with Crippen LogP contribution in [0.2, 0.25) is 0 Å². The minimum absolute atomic E-state index is 0.0683. The van der Waals surface area contributed by atoms with Crippen molar-refractivity contribution in [1.82, 2.24) is 25.0 Å². The molecule has 0 fully saturated rings. The van der Waals surface area contributed by atoms with Crippen LogP contribution >= 0.6 is 0 Å². The van der Waals surface area contributed by atoms with E-state index in [2.05, 4.69) is 20.3 Å². The molecule has 0 aliphatic heterocycles. The average Bonchev–Trinajstić information content (AvgIpc) is 3.28. The van der Waals surface area contributed by atoms with Crippen molar-refractivity contribution in [3.63, 3.8) is 0 Å². The quantitative estimate of drug-likeness (QED) is 0.664. The van der Waals surface area contributed by atoms with Gasteiger partial charge in [-0.1, -0.05) is 13.8 Å². The Morgan fingerprint density at radius 1 is 1.19 bits per heavy atom. The zero-order valence-corrected chi connectivity index (χ0v) is 14.7. The van der Waals surface area contributed by atoms with Gasteiger partial charge in [-0.25, -0.2) is 9.67 Å². The van der Waals surface area contributed by atoms with Crippen molar-refractivity contribution in [2.24, 2.45) is 0 Å². The monoisotopic (exact) mass is 379 g/mol. The Morgan fingerprint density at radius 3 is 2.59 bits per heavy atom. The summed E-state index contributed by atoms with van der Waals surface area (Å²) >= 11 is 0. The summed E-state index contributed by atoms with van der Waals surface area (Å²) in [7, 11) is 1.30. The van der Waals surface area contributed by atoms with E-state index in [9.17, 15) is 13.2 Å². The molecule has 0 radical (unpaired) electrons. The molecule has 2 aromatic heterocycles. The van der Waals surface area contributed by atoms with Gasteiger partial charge in [-0.05, 0) is 18.2 Å². The lowest BCUT2D eigenvalue weighted by Crippen LogP contribution is -2.05. The van der Waals surface area contributed by atoms with Crippen molar-refractivity contribution in [2.45, 2.75) is 25.9 Å². The number of benzene rings is 1. The number of aromatic nitrogens is 5. The number of rotatable bonds is 5. The molecule has 0 amide bonds. The first kappa shape index (κ1) is 18.6. The Hall–Kier alpha value is -3.17. The number of ether oxygens (including phenoxy) is 1. The summed E-state index contributed by atoms with van der Waals surface area (Å²) in [5.74, 6) is 1.09. The summed E-state index contributed by atoms with van der Waals surface area (Å²) in [6.07, 6.45) is -0.0981. The fourth-order valence-corrected chi connectivity index (χ4v) is 2.18. The predicted molar refractivity (Wildman–Crippen MR) is 90.6 cm³/mol. The average molecular weight is 379 g/mol. The number of alkyl halides is 3. The second kappa shape index (κ2) is 7.22. The standard InChI is InChI=1S/C17H16F3N5O2/c1-10(2)16-23-22-14(27-16)4-5-25-9-21-15(24-25)11-6-12(17(18,19)20)8-13(7-11)26-3/h4-10H,1-3H3/b5-4-. The molecule has 3 aromatic rings. The molecule has 0 bridgehead atoms. The summed E-state index contributed by atoms with van der Waals surface area (Å²) in [6.45, 7) is 3.85. The van der Waals surface area contributed by atoms with Crippen molar-refractivity contribution in [2.75, 3.05) is 7.11 Å². The summed E-state index contributed by atoms with van der Waals surface area (Å²) < 4.78 is 50.8. The van der Waals surface area contributed by atoms with E-state index in [1.54, 1.807) is 0 Å². The maximum absolute atomic E-state index is 13.0. The van der Waals surface area contributed by atoms with Gasteiger partial charge in [0.2, 0.25) is 11.8 Å². The van der Waals surface area contributed by atoms with Crippen LogP contribution in [0.25, 0.3) is 23.7 Å². The first-order valence-corrected chi connectivity index (χ1v) is 7.95. The Balaban J connectivity index is 1.86. The minimum Gasteiger partial charge on any atom is -0.497 e. The molecule has 0 N–H and O–H groups in total. The van der Waals surface area contributed by atoms with E-state index < -0.39 is 11.7 Å². The van der Waals surface area contributed by atoms with Crippen molar-refractivity contribution < 1.29 is 22.3 Å². The first-order chi connectivity index (χ1) is 12.8. The highest BCUT2D eigenvalue weighted by atomic mass is 19.4. The predicted octanol–water partition coefficient (Wildman–Crippen LogP) is 4.11. The molecule has 7 nitrogen and oxygen atoms in total. The van der Waals surface area contributed by atoms with Gasteiger partial charge < -0.3 is 9.15 Å². The van der Waals surface area contributed by atoms with Gasteiger partial charge in [0.05, 0.1) is 12.7 Å². The normalized spacial score (nSPS) is 12.3. The second-order valence-corrected chi connectivity index (χ2v) is 5.95. The lowest BCUT2D eigenvalue weighted by Gasteiger charge is -2.10. The summed E-state index contributed by atoms with van der Waals surface area (Å²) in [4.78, 5) is 4.04. The van der Waals surface area contributed by atoms with E-state index in [-0.39, 0.29) is 28.9 Å². The van der Waals surface area contributed by atoms with Crippen LogP contribution in [0.15, 0.2) is 28.9 Å². The lowest BCUT2D eigenvalue weighted by molar-refractivity contribution is -0.137. The van der Waals surface area contributed by atoms with Gasteiger partial charge in [0.15, 0.2) is 5.82 Å². The minimum atomic E-state index is -4.50. The van der Waals surface area contributed by atoms with Crippen LogP contribution in [-0.2, 0) is 6.18 Å². The van der Waals surface area contributed by atoms with Gasteiger partial charge in [0, 0.05) is 23.8 Å². The SMILES string of the molecule is COc1cc(-c2ncn(/C=C\c3nnc(C(C)C)o3)n2)cc(C(F)(F)F)c1. The van der Waals surface area contributed by atoms with E-state index >= 15 is 0 Å². The molecule has 0 unspecified atom stereocenters. The molecule has 2 heterocycles. The molecule has 1 aromatic carbocycles. The Bertz CT molecular complexity index is 960. The number of methoxy groups -OCH3 is 1. The Morgan fingerprint density at radius 2 is 1.96 bits per heavy atom. The van der Waals surface area contributed by atoms with E-state index in [1.165, 1.54) is 36.5 Å². The van der Waals surface area contributed by atoms with Crippen molar-refractivity contribution in [3.05, 3.63) is 41.9 Å². The van der Waals surface area contributed by atoms with Gasteiger partial charge in [-0.3, -0.25) is 0 Å². The maximum Gasteiger partial charge on any atom is 0.416 e. The second-order valence-electron chi connectivity index (χ2n) is 5.95. The van der Waals surface area contributed by atoms with Gasteiger partial charge in [0.25, 0.3) is 0 Å². The van der Waals surface area contributed by atoms with Crippen LogP contribution in [0.1, 0.15) is 37.1 Å². The molecular formula is C17H16F3N5O2. The first-order valence-electron chi connectivity index (χ1n) is 7.95. The number of nitrogens with zero attached hydrogens (tertiary/aromatic N) is 5. The van der Waals surface area contributed by atoms with Gasteiger partial charge in [0.1, 0.15) is 12.1 Å². The van der Waals surface area contributed by atoms with Crippen LogP contribution in [0.4, 0.5) is 13.2 Å². The molecule has 0 spiro atoms. The summed E-state index contributed by atoms with van der Waals surface area (Å²) in [6, 6.07) is 3.33. The number of hydrogen-bond acceptors (Lipinski definition) is 6. The Kier molecular flexibility index (Phi) is 4.98. The van der Waals surface area contributed by atoms with E-state index in [0.29, 0.717) is 5.89 Å². The van der Waals surface area contributed by atoms with Gasteiger partial charge in [-0.15, -0.1) is 15.3 Å². The third-order valence-electron chi connectivity index (χ3n) is 3.56. The van der Waals surface area contributed by atoms with Crippen molar-refractivity contribution in [3.8, 4) is 17.1 Å². The zero-order chi connectivity index (χ0) is 19.6. The largest absolute Gasteiger partial charge is 0.497 e. The van der Waals surface area contributed by atoms with Crippen LogP contribution < -0.4 is 4.74 Å². The Labute approximate surface area is 152 Å². The van der Waals surface area contributed by atoms with E-state index in [0.717, 1.165) is 12.1 Å². The smallest absolute Gasteiger partial charge is 0.416 e. The molecule has 3 rings (SSSR count). The van der Waals surface area contributed by atoms with Crippen LogP contribution in [0.5, 0.6) is 5.75 Å². The topological polar surface area (TPSA) is 78.9 Å². The molecule has 0 saturated heterocycles. The van der Waals surface area contributed by atoms with E-state index in [1.807, 2.05) is 13.8 Å². The van der Waals surface area contributed by atoms with Crippen LogP contribution in [0, 0.1) is 0 Å². The molecule has 27 heavy (non-hydrogen) atoms. The van der Waals surface area contributed by atoms with Crippen LogP contribution in [0.3, 0.4) is 0 Å². The lowest BCUT2D eigenvalue weighted by atomic mass is 10.1. The summed E-state index contributed by atoms with van der Waals surface area (Å²) in [5.41, 5.74) is -0.649. The molecule has 0 aliphatic carbocycles. The molecule has 142 valence electrons. The molecule has 0 atom stereocenters. The van der Waals surface area contributed by atoms with Gasteiger partial charge in [-0.2, -0.15) is 13.2 Å². The molecule has 10 heteroatoms. The molecule has 0 saturated carbocycles. The molecule has 0 aliphatic rings. The highest BCUT2D eigenvalue weighted by Gasteiger charge is 2.31. The maximum atomic E-state index is 13.0. The van der Waals surface area contributed by atoms with Crippen LogP contribution in [-0.4, -0.2) is 32.1 Å². The molecular weight excluding hydrogens is 363 g/mol. The van der Waals surface area contributed by atoms with Gasteiger partial charge >= 0.3 is 6.18 Å². The van der Waals surface area contributed by atoms with E-state index in [4.69, 9.17) is 9.15 Å². The zero-order valence-electron chi connectivity index (χ0n) is 14.7. The third kappa shape index (κ3) is 4.33. The highest BCUT2D eigenvalue weighted by Crippen LogP contribution is 2.34. The summed E-state index contributed by atoms with van der Waals surface area (Å²) in [5, 5.41) is 11.9. The highest BCUT2D eigenvalue weighted by molar-refractivity contribution is 5.60. The van der Waals surface area contributed by atoms with Crippen molar-refractivity contribution in [1.29, 1.82) is 0 Å². The van der Waals surface area contributed by atoms with Crippen molar-refractivity contribution >= 4 is 12.3 Å². The fraction of sp³-hybridized carbons (Fsp3) is 0.294.